The Morgan fingerprint density at radius 3 is 2.60 bits per heavy atom. The van der Waals surface area contributed by atoms with E-state index in [2.05, 4.69) is 9.97 Å². The van der Waals surface area contributed by atoms with E-state index in [0.717, 1.165) is 16.5 Å². The second-order valence-corrected chi connectivity index (χ2v) is 4.71. The van der Waals surface area contributed by atoms with Gasteiger partial charge < -0.3 is 4.74 Å². The molecule has 0 spiro atoms. The van der Waals surface area contributed by atoms with Gasteiger partial charge in [0.2, 0.25) is 5.88 Å². The molecule has 0 saturated carbocycles. The quantitative estimate of drug-likeness (QED) is 0.671. The topological polar surface area (TPSA) is 35.0 Å². The van der Waals surface area contributed by atoms with E-state index in [0.29, 0.717) is 23.3 Å². The molecule has 0 amide bonds. The monoisotopic (exact) mass is 284 g/mol. The first-order valence-electron chi connectivity index (χ1n) is 6.43. The standard InChI is InChI=1S/C16H13ClN2O/c1-2-20-16-13(11-6-4-3-5-7-11)10-12-8-9-14(17)18-15(12)19-16/h3-10H,2H2,1H3. The molecule has 0 radical (unpaired) electrons. The van der Waals surface area contributed by atoms with Crippen LogP contribution in [-0.2, 0) is 0 Å². The number of hydrogen-bond acceptors (Lipinski definition) is 3. The van der Waals surface area contributed by atoms with Crippen molar-refractivity contribution in [3.05, 3.63) is 53.7 Å². The smallest absolute Gasteiger partial charge is 0.223 e. The van der Waals surface area contributed by atoms with E-state index in [1.54, 1.807) is 6.07 Å². The van der Waals surface area contributed by atoms with Gasteiger partial charge in [0, 0.05) is 10.9 Å². The van der Waals surface area contributed by atoms with Crippen LogP contribution < -0.4 is 4.74 Å². The number of hydrogen-bond donors (Lipinski definition) is 0. The molecule has 3 rings (SSSR count). The molecule has 3 nitrogen and oxygen atoms in total. The lowest BCUT2D eigenvalue weighted by atomic mass is 10.1. The van der Waals surface area contributed by atoms with Crippen molar-refractivity contribution in [2.24, 2.45) is 0 Å². The normalized spacial score (nSPS) is 10.7. The summed E-state index contributed by atoms with van der Waals surface area (Å²) in [6.07, 6.45) is 0. The first-order chi connectivity index (χ1) is 9.78. The van der Waals surface area contributed by atoms with Crippen molar-refractivity contribution in [3.63, 3.8) is 0 Å². The zero-order valence-electron chi connectivity index (χ0n) is 11.0. The third-order valence-electron chi connectivity index (χ3n) is 2.97. The van der Waals surface area contributed by atoms with Gasteiger partial charge in [-0.3, -0.25) is 0 Å². The summed E-state index contributed by atoms with van der Waals surface area (Å²) in [5.74, 6) is 0.584. The third-order valence-corrected chi connectivity index (χ3v) is 3.19. The van der Waals surface area contributed by atoms with Crippen LogP contribution in [-0.4, -0.2) is 16.6 Å². The Morgan fingerprint density at radius 1 is 1.05 bits per heavy atom. The second-order valence-electron chi connectivity index (χ2n) is 4.32. The number of halogens is 1. The summed E-state index contributed by atoms with van der Waals surface area (Å²) >= 11 is 5.91. The molecule has 0 aliphatic carbocycles. The van der Waals surface area contributed by atoms with Gasteiger partial charge in [0.1, 0.15) is 5.15 Å². The first-order valence-corrected chi connectivity index (χ1v) is 6.81. The minimum Gasteiger partial charge on any atom is -0.477 e. The molecular formula is C16H13ClN2O. The van der Waals surface area contributed by atoms with Crippen LogP contribution in [0.25, 0.3) is 22.2 Å². The lowest BCUT2D eigenvalue weighted by molar-refractivity contribution is 0.329. The van der Waals surface area contributed by atoms with Crippen LogP contribution in [0.5, 0.6) is 5.88 Å². The van der Waals surface area contributed by atoms with Gasteiger partial charge in [0.15, 0.2) is 5.65 Å². The predicted octanol–water partition coefficient (Wildman–Crippen LogP) is 4.35. The SMILES string of the molecule is CCOc1nc2nc(Cl)ccc2cc1-c1ccccc1. The number of benzene rings is 1. The van der Waals surface area contributed by atoms with Gasteiger partial charge in [0.05, 0.1) is 6.61 Å². The van der Waals surface area contributed by atoms with Gasteiger partial charge in [-0.15, -0.1) is 0 Å². The van der Waals surface area contributed by atoms with Gasteiger partial charge in [-0.1, -0.05) is 41.9 Å². The van der Waals surface area contributed by atoms with Crippen molar-refractivity contribution in [1.29, 1.82) is 0 Å². The van der Waals surface area contributed by atoms with Gasteiger partial charge in [-0.25, -0.2) is 4.98 Å². The number of fused-ring (bicyclic) bond motifs is 1. The number of nitrogens with zero attached hydrogens (tertiary/aromatic N) is 2. The van der Waals surface area contributed by atoms with Crippen molar-refractivity contribution < 1.29 is 4.74 Å². The zero-order valence-corrected chi connectivity index (χ0v) is 11.8. The average molecular weight is 285 g/mol. The molecule has 0 fully saturated rings. The van der Waals surface area contributed by atoms with Crippen molar-refractivity contribution in [1.82, 2.24) is 9.97 Å². The number of pyridine rings is 2. The first kappa shape index (κ1) is 12.9. The van der Waals surface area contributed by atoms with E-state index >= 15 is 0 Å². The molecule has 2 heterocycles. The lowest BCUT2D eigenvalue weighted by Gasteiger charge is -2.10. The molecule has 20 heavy (non-hydrogen) atoms. The van der Waals surface area contributed by atoms with E-state index in [1.165, 1.54) is 0 Å². The molecule has 4 heteroatoms. The molecule has 0 unspecified atom stereocenters. The van der Waals surface area contributed by atoms with E-state index in [4.69, 9.17) is 16.3 Å². The largest absolute Gasteiger partial charge is 0.477 e. The van der Waals surface area contributed by atoms with Crippen molar-refractivity contribution in [2.45, 2.75) is 6.92 Å². The number of aromatic nitrogens is 2. The van der Waals surface area contributed by atoms with Crippen molar-refractivity contribution in [3.8, 4) is 17.0 Å². The molecule has 0 saturated heterocycles. The molecule has 0 atom stereocenters. The fourth-order valence-electron chi connectivity index (χ4n) is 2.08. The Bertz CT molecular complexity index is 744. The zero-order chi connectivity index (χ0) is 13.9. The van der Waals surface area contributed by atoms with Crippen molar-refractivity contribution in [2.75, 3.05) is 6.61 Å². The Morgan fingerprint density at radius 2 is 1.85 bits per heavy atom. The highest BCUT2D eigenvalue weighted by molar-refractivity contribution is 6.29. The fourth-order valence-corrected chi connectivity index (χ4v) is 2.23. The minimum atomic E-state index is 0.430. The molecule has 100 valence electrons. The van der Waals surface area contributed by atoms with Crippen LogP contribution in [0.1, 0.15) is 6.92 Å². The molecule has 1 aromatic carbocycles. The summed E-state index contributed by atoms with van der Waals surface area (Å²) < 4.78 is 5.65. The Balaban J connectivity index is 2.24. The average Bonchev–Trinajstić information content (AvgIpc) is 2.48. The van der Waals surface area contributed by atoms with Crippen LogP contribution in [0, 0.1) is 0 Å². The summed E-state index contributed by atoms with van der Waals surface area (Å²) in [7, 11) is 0. The lowest BCUT2D eigenvalue weighted by Crippen LogP contribution is -1.98. The molecule has 0 N–H and O–H groups in total. The molecule has 2 aromatic heterocycles. The Hall–Kier alpha value is -2.13. The predicted molar refractivity (Wildman–Crippen MR) is 81.2 cm³/mol. The number of rotatable bonds is 3. The van der Waals surface area contributed by atoms with Gasteiger partial charge in [-0.05, 0) is 30.7 Å². The summed E-state index contributed by atoms with van der Waals surface area (Å²) in [5, 5.41) is 1.37. The minimum absolute atomic E-state index is 0.430. The summed E-state index contributed by atoms with van der Waals surface area (Å²) in [5.41, 5.74) is 2.63. The fraction of sp³-hybridized carbons (Fsp3) is 0.125. The maximum absolute atomic E-state index is 5.91. The van der Waals surface area contributed by atoms with Crippen LogP contribution in [0.2, 0.25) is 5.15 Å². The highest BCUT2D eigenvalue weighted by Crippen LogP contribution is 2.31. The molecule has 0 aliphatic heterocycles. The third kappa shape index (κ3) is 2.45. The Labute approximate surface area is 122 Å². The second kappa shape index (κ2) is 5.47. The van der Waals surface area contributed by atoms with E-state index < -0.39 is 0 Å². The van der Waals surface area contributed by atoms with Crippen LogP contribution >= 0.6 is 11.6 Å². The Kier molecular flexibility index (Phi) is 3.52. The van der Waals surface area contributed by atoms with Crippen molar-refractivity contribution >= 4 is 22.6 Å². The van der Waals surface area contributed by atoms with E-state index in [9.17, 15) is 0 Å². The molecule has 3 aromatic rings. The maximum Gasteiger partial charge on any atom is 0.223 e. The molecule has 0 aliphatic rings. The van der Waals surface area contributed by atoms with Gasteiger partial charge in [-0.2, -0.15) is 4.98 Å². The molecule has 0 bridgehead atoms. The number of ether oxygens (including phenoxy) is 1. The summed E-state index contributed by atoms with van der Waals surface area (Å²) in [6, 6.07) is 15.8. The maximum atomic E-state index is 5.91. The van der Waals surface area contributed by atoms with E-state index in [-0.39, 0.29) is 0 Å². The van der Waals surface area contributed by atoms with Crippen LogP contribution in [0.4, 0.5) is 0 Å². The van der Waals surface area contributed by atoms with E-state index in [1.807, 2.05) is 49.4 Å². The van der Waals surface area contributed by atoms with Crippen LogP contribution in [0.3, 0.4) is 0 Å². The van der Waals surface area contributed by atoms with Crippen LogP contribution in [0.15, 0.2) is 48.5 Å². The summed E-state index contributed by atoms with van der Waals surface area (Å²) in [4.78, 5) is 8.71. The summed E-state index contributed by atoms with van der Waals surface area (Å²) in [6.45, 7) is 2.49. The highest BCUT2D eigenvalue weighted by atomic mass is 35.5. The highest BCUT2D eigenvalue weighted by Gasteiger charge is 2.11. The van der Waals surface area contributed by atoms with Gasteiger partial charge >= 0.3 is 0 Å². The van der Waals surface area contributed by atoms with Gasteiger partial charge in [0.25, 0.3) is 0 Å². The molecular weight excluding hydrogens is 272 g/mol.